The van der Waals surface area contributed by atoms with E-state index in [9.17, 15) is 9.18 Å². The Hall–Kier alpha value is -1.45. The number of nitrogens with zero attached hydrogens (tertiary/aromatic N) is 2. The minimum absolute atomic E-state index is 0.0759. The van der Waals surface area contributed by atoms with Crippen LogP contribution in [0.5, 0.6) is 0 Å². The molecule has 0 N–H and O–H groups in total. The van der Waals surface area contributed by atoms with Crippen LogP contribution in [0.15, 0.2) is 18.3 Å². The average molecular weight is 250 g/mol. The molecule has 98 valence electrons. The topological polar surface area (TPSA) is 33.2 Å². The van der Waals surface area contributed by atoms with Gasteiger partial charge in [-0.3, -0.25) is 4.79 Å². The fourth-order valence-corrected chi connectivity index (χ4v) is 2.56. The van der Waals surface area contributed by atoms with Crippen molar-refractivity contribution >= 4 is 5.91 Å². The summed E-state index contributed by atoms with van der Waals surface area (Å²) < 4.78 is 12.7. The lowest BCUT2D eigenvalue weighted by Crippen LogP contribution is -2.32. The molecule has 1 heterocycles. The lowest BCUT2D eigenvalue weighted by molar-refractivity contribution is 0.0760. The minimum atomic E-state index is -0.554. The van der Waals surface area contributed by atoms with E-state index in [0.717, 1.165) is 6.54 Å². The molecule has 4 heteroatoms. The number of hydrogen-bond acceptors (Lipinski definition) is 2. The van der Waals surface area contributed by atoms with Gasteiger partial charge in [-0.25, -0.2) is 4.98 Å². The number of aromatic nitrogens is 1. The van der Waals surface area contributed by atoms with Crippen molar-refractivity contribution in [3.8, 4) is 0 Å². The summed E-state index contributed by atoms with van der Waals surface area (Å²) in [4.78, 5) is 17.3. The molecule has 1 aromatic heterocycles. The predicted octanol–water partition coefficient (Wildman–Crippen LogP) is 2.87. The van der Waals surface area contributed by atoms with Gasteiger partial charge in [0, 0.05) is 19.8 Å². The molecule has 2 rings (SSSR count). The third-order valence-corrected chi connectivity index (χ3v) is 3.58. The number of halogens is 1. The second-order valence-corrected chi connectivity index (χ2v) is 5.06. The molecule has 0 radical (unpaired) electrons. The molecule has 1 saturated carbocycles. The van der Waals surface area contributed by atoms with Crippen molar-refractivity contribution in [1.82, 2.24) is 9.88 Å². The summed E-state index contributed by atoms with van der Waals surface area (Å²) in [6.07, 6.45) is 7.57. The maximum absolute atomic E-state index is 12.7. The van der Waals surface area contributed by atoms with Crippen LogP contribution >= 0.6 is 0 Å². The monoisotopic (exact) mass is 250 g/mol. The van der Waals surface area contributed by atoms with Gasteiger partial charge in [-0.05, 0) is 30.9 Å². The van der Waals surface area contributed by atoms with Gasteiger partial charge in [-0.1, -0.05) is 19.3 Å². The molecule has 0 atom stereocenters. The zero-order chi connectivity index (χ0) is 13.0. The first-order valence-electron chi connectivity index (χ1n) is 6.54. The summed E-state index contributed by atoms with van der Waals surface area (Å²) in [5.41, 5.74) is 0.453. The normalized spacial score (nSPS) is 16.6. The Labute approximate surface area is 107 Å². The van der Waals surface area contributed by atoms with Crippen LogP contribution in [0.3, 0.4) is 0 Å². The highest BCUT2D eigenvalue weighted by atomic mass is 19.1. The van der Waals surface area contributed by atoms with E-state index in [2.05, 4.69) is 4.98 Å². The highest BCUT2D eigenvalue weighted by molar-refractivity contribution is 5.93. The van der Waals surface area contributed by atoms with Gasteiger partial charge in [0.05, 0.1) is 5.56 Å². The van der Waals surface area contributed by atoms with E-state index in [0.29, 0.717) is 11.5 Å². The fourth-order valence-electron chi connectivity index (χ4n) is 2.56. The lowest BCUT2D eigenvalue weighted by Gasteiger charge is -2.27. The Bertz CT molecular complexity index is 399. The summed E-state index contributed by atoms with van der Waals surface area (Å²) in [5, 5.41) is 0. The van der Waals surface area contributed by atoms with Gasteiger partial charge < -0.3 is 4.90 Å². The summed E-state index contributed by atoms with van der Waals surface area (Å²) >= 11 is 0. The number of carbonyl (C=O) groups is 1. The zero-order valence-corrected chi connectivity index (χ0v) is 10.7. The molecule has 0 bridgehead atoms. The molecular formula is C14H19FN2O. The number of rotatable bonds is 3. The summed E-state index contributed by atoms with van der Waals surface area (Å²) in [5.74, 6) is -0.0179. The van der Waals surface area contributed by atoms with E-state index in [1.165, 1.54) is 50.4 Å². The molecule has 1 aromatic rings. The van der Waals surface area contributed by atoms with E-state index in [1.807, 2.05) is 0 Å². The molecule has 1 amide bonds. The van der Waals surface area contributed by atoms with Crippen molar-refractivity contribution in [2.45, 2.75) is 32.1 Å². The van der Waals surface area contributed by atoms with Gasteiger partial charge in [-0.15, -0.1) is 0 Å². The zero-order valence-electron chi connectivity index (χ0n) is 10.7. The maximum atomic E-state index is 12.7. The summed E-state index contributed by atoms with van der Waals surface area (Å²) in [6, 6.07) is 2.71. The van der Waals surface area contributed by atoms with Crippen molar-refractivity contribution < 1.29 is 9.18 Å². The molecule has 0 unspecified atom stereocenters. The van der Waals surface area contributed by atoms with Crippen LogP contribution in [0.1, 0.15) is 42.5 Å². The number of pyridine rings is 1. The van der Waals surface area contributed by atoms with E-state index < -0.39 is 5.95 Å². The predicted molar refractivity (Wildman–Crippen MR) is 67.7 cm³/mol. The SMILES string of the molecule is CN(CC1CCCCC1)C(=O)c1ccc(F)nc1. The number of amides is 1. The third kappa shape index (κ3) is 3.28. The van der Waals surface area contributed by atoms with E-state index in [4.69, 9.17) is 0 Å². The van der Waals surface area contributed by atoms with Gasteiger partial charge in [0.15, 0.2) is 0 Å². The Kier molecular flexibility index (Phi) is 4.28. The maximum Gasteiger partial charge on any atom is 0.255 e. The highest BCUT2D eigenvalue weighted by Gasteiger charge is 2.19. The van der Waals surface area contributed by atoms with Gasteiger partial charge in [0.25, 0.3) is 5.91 Å². The van der Waals surface area contributed by atoms with Crippen molar-refractivity contribution in [1.29, 1.82) is 0 Å². The first-order chi connectivity index (χ1) is 8.66. The fraction of sp³-hybridized carbons (Fsp3) is 0.571. The largest absolute Gasteiger partial charge is 0.341 e. The van der Waals surface area contributed by atoms with E-state index >= 15 is 0 Å². The quantitative estimate of drug-likeness (QED) is 0.773. The Morgan fingerprint density at radius 2 is 2.11 bits per heavy atom. The van der Waals surface area contributed by atoms with Crippen molar-refractivity contribution in [3.63, 3.8) is 0 Å². The van der Waals surface area contributed by atoms with Gasteiger partial charge in [-0.2, -0.15) is 4.39 Å². The van der Waals surface area contributed by atoms with Gasteiger partial charge in [0.1, 0.15) is 0 Å². The lowest BCUT2D eigenvalue weighted by atomic mass is 9.89. The van der Waals surface area contributed by atoms with Crippen LogP contribution < -0.4 is 0 Å². The molecule has 18 heavy (non-hydrogen) atoms. The van der Waals surface area contributed by atoms with Crippen LogP contribution in [0.4, 0.5) is 4.39 Å². The Morgan fingerprint density at radius 3 is 2.72 bits per heavy atom. The first-order valence-corrected chi connectivity index (χ1v) is 6.54. The third-order valence-electron chi connectivity index (χ3n) is 3.58. The Morgan fingerprint density at radius 1 is 1.39 bits per heavy atom. The van der Waals surface area contributed by atoms with Gasteiger partial charge >= 0.3 is 0 Å². The van der Waals surface area contributed by atoms with E-state index in [1.54, 1.807) is 11.9 Å². The molecule has 3 nitrogen and oxygen atoms in total. The van der Waals surface area contributed by atoms with Crippen LogP contribution in [-0.2, 0) is 0 Å². The molecule has 1 aliphatic rings. The molecular weight excluding hydrogens is 231 g/mol. The van der Waals surface area contributed by atoms with Gasteiger partial charge in [0.2, 0.25) is 5.95 Å². The van der Waals surface area contributed by atoms with Crippen molar-refractivity contribution in [2.24, 2.45) is 5.92 Å². The van der Waals surface area contributed by atoms with Crippen LogP contribution in [-0.4, -0.2) is 29.4 Å². The minimum Gasteiger partial charge on any atom is -0.341 e. The van der Waals surface area contributed by atoms with Crippen molar-refractivity contribution in [2.75, 3.05) is 13.6 Å². The first kappa shape index (κ1) is 13.0. The second-order valence-electron chi connectivity index (χ2n) is 5.06. The smallest absolute Gasteiger partial charge is 0.255 e. The van der Waals surface area contributed by atoms with Crippen molar-refractivity contribution in [3.05, 3.63) is 29.8 Å². The molecule has 0 saturated heterocycles. The highest BCUT2D eigenvalue weighted by Crippen LogP contribution is 2.24. The number of carbonyl (C=O) groups excluding carboxylic acids is 1. The molecule has 1 fully saturated rings. The van der Waals surface area contributed by atoms with Crippen LogP contribution in [0.25, 0.3) is 0 Å². The second kappa shape index (κ2) is 5.94. The summed E-state index contributed by atoms with van der Waals surface area (Å²) in [7, 11) is 1.81. The standard InChI is InChI=1S/C14H19FN2O/c1-17(10-11-5-3-2-4-6-11)14(18)12-7-8-13(15)16-9-12/h7-9,11H,2-6,10H2,1H3. The number of hydrogen-bond donors (Lipinski definition) is 0. The molecule has 1 aliphatic carbocycles. The molecule has 0 aromatic carbocycles. The molecule has 0 aliphatic heterocycles. The Balaban J connectivity index is 1.93. The van der Waals surface area contributed by atoms with Crippen LogP contribution in [0, 0.1) is 11.9 Å². The summed E-state index contributed by atoms with van der Waals surface area (Å²) in [6.45, 7) is 0.788. The van der Waals surface area contributed by atoms with E-state index in [-0.39, 0.29) is 5.91 Å². The average Bonchev–Trinajstić information content (AvgIpc) is 2.40. The molecule has 0 spiro atoms. The van der Waals surface area contributed by atoms with Crippen LogP contribution in [0.2, 0.25) is 0 Å².